The van der Waals surface area contributed by atoms with Crippen LogP contribution in [0, 0.1) is 5.92 Å². The summed E-state index contributed by atoms with van der Waals surface area (Å²) in [4.78, 5) is 15.7. The van der Waals surface area contributed by atoms with E-state index in [4.69, 9.17) is 5.73 Å². The molecule has 6 nitrogen and oxygen atoms in total. The van der Waals surface area contributed by atoms with Crippen molar-refractivity contribution in [2.24, 2.45) is 11.7 Å². The van der Waals surface area contributed by atoms with Crippen molar-refractivity contribution < 1.29 is 22.4 Å². The number of hydrogen-bond donors (Lipinski definition) is 1. The van der Waals surface area contributed by atoms with Gasteiger partial charge in [-0.15, -0.1) is 0 Å². The van der Waals surface area contributed by atoms with E-state index in [0.717, 1.165) is 5.56 Å². The van der Waals surface area contributed by atoms with Gasteiger partial charge >= 0.3 is 16.1 Å². The molecular formula is C14H21NO5S. The van der Waals surface area contributed by atoms with Crippen molar-refractivity contribution in [2.45, 2.75) is 44.6 Å². The molecule has 0 spiro atoms. The summed E-state index contributed by atoms with van der Waals surface area (Å²) in [6.07, 6.45) is 0. The first-order valence-corrected chi connectivity index (χ1v) is 8.06. The van der Waals surface area contributed by atoms with Gasteiger partial charge in [0.15, 0.2) is 0 Å². The minimum Gasteiger partial charge on any atom is -0.318 e. The maximum Gasteiger partial charge on any atom is 0.360 e. The van der Waals surface area contributed by atoms with Crippen molar-refractivity contribution in [3.05, 3.63) is 29.8 Å². The lowest BCUT2D eigenvalue weighted by Crippen LogP contribution is -2.37. The molecule has 0 aliphatic rings. The van der Waals surface area contributed by atoms with Gasteiger partial charge in [-0.05, 0) is 33.9 Å². The first kappa shape index (κ1) is 17.6. The Balaban J connectivity index is 2.76. The van der Waals surface area contributed by atoms with E-state index < -0.39 is 22.1 Å². The van der Waals surface area contributed by atoms with Gasteiger partial charge in [-0.2, -0.15) is 8.42 Å². The van der Waals surface area contributed by atoms with Crippen molar-refractivity contribution >= 4 is 16.1 Å². The molecule has 0 saturated heterocycles. The van der Waals surface area contributed by atoms with Crippen LogP contribution in [0.15, 0.2) is 29.2 Å². The Bertz CT molecular complexity index is 578. The molecule has 1 aromatic carbocycles. The molecule has 1 rings (SSSR count). The van der Waals surface area contributed by atoms with Crippen molar-refractivity contribution in [1.82, 2.24) is 0 Å². The zero-order valence-electron chi connectivity index (χ0n) is 12.6. The number of rotatable bonds is 6. The van der Waals surface area contributed by atoms with Gasteiger partial charge in [0.05, 0.1) is 4.90 Å². The maximum atomic E-state index is 11.9. The fourth-order valence-electron chi connectivity index (χ4n) is 1.46. The number of carbonyl (C=O) groups is 1. The molecule has 0 heterocycles. The zero-order valence-corrected chi connectivity index (χ0v) is 13.4. The molecule has 0 aliphatic carbocycles. The first-order chi connectivity index (χ1) is 9.65. The SMILES string of the molecule is CC(C)c1ccc(S(=O)(=O)OOC(=O)C(N)C(C)C)cc1. The van der Waals surface area contributed by atoms with E-state index in [9.17, 15) is 13.2 Å². The van der Waals surface area contributed by atoms with Crippen LogP contribution in [-0.4, -0.2) is 20.4 Å². The molecule has 0 aromatic heterocycles. The Morgan fingerprint density at radius 2 is 1.62 bits per heavy atom. The maximum absolute atomic E-state index is 11.9. The van der Waals surface area contributed by atoms with Gasteiger partial charge in [0.1, 0.15) is 6.04 Å². The molecule has 1 aromatic rings. The molecule has 1 atom stereocenters. The lowest BCUT2D eigenvalue weighted by Gasteiger charge is -2.13. The average molecular weight is 315 g/mol. The molecule has 1 unspecified atom stereocenters. The van der Waals surface area contributed by atoms with E-state index in [0.29, 0.717) is 0 Å². The van der Waals surface area contributed by atoms with E-state index in [1.54, 1.807) is 26.0 Å². The predicted octanol–water partition coefficient (Wildman–Crippen LogP) is 1.96. The minimum absolute atomic E-state index is 0.0854. The molecule has 118 valence electrons. The van der Waals surface area contributed by atoms with E-state index in [2.05, 4.69) is 9.22 Å². The van der Waals surface area contributed by atoms with Crippen LogP contribution in [-0.2, 0) is 24.1 Å². The summed E-state index contributed by atoms with van der Waals surface area (Å²) in [5.74, 6) is -0.828. The fourth-order valence-corrected chi connectivity index (χ4v) is 2.17. The summed E-state index contributed by atoms with van der Waals surface area (Å²) in [6.45, 7) is 7.42. The average Bonchev–Trinajstić information content (AvgIpc) is 2.44. The van der Waals surface area contributed by atoms with Crippen LogP contribution in [0.3, 0.4) is 0 Å². The highest BCUT2D eigenvalue weighted by Gasteiger charge is 2.24. The number of hydrogen-bond acceptors (Lipinski definition) is 6. The van der Waals surface area contributed by atoms with Gasteiger partial charge in [-0.1, -0.05) is 39.8 Å². The van der Waals surface area contributed by atoms with Gasteiger partial charge in [0.25, 0.3) is 0 Å². The van der Waals surface area contributed by atoms with E-state index in [1.165, 1.54) is 12.1 Å². The van der Waals surface area contributed by atoms with Crippen molar-refractivity contribution in [3.8, 4) is 0 Å². The number of nitrogens with two attached hydrogens (primary N) is 1. The minimum atomic E-state index is -4.16. The van der Waals surface area contributed by atoms with Gasteiger partial charge in [0, 0.05) is 0 Å². The lowest BCUT2D eigenvalue weighted by molar-refractivity contribution is -0.213. The molecular weight excluding hydrogens is 294 g/mol. The molecule has 0 fully saturated rings. The summed E-state index contributed by atoms with van der Waals surface area (Å²) in [5.41, 5.74) is 6.53. The quantitative estimate of drug-likeness (QED) is 0.637. The van der Waals surface area contributed by atoms with Crippen molar-refractivity contribution in [1.29, 1.82) is 0 Å². The van der Waals surface area contributed by atoms with Crippen LogP contribution in [0.1, 0.15) is 39.2 Å². The molecule has 0 aliphatic heterocycles. The van der Waals surface area contributed by atoms with Crippen LogP contribution < -0.4 is 5.73 Å². The first-order valence-electron chi connectivity index (χ1n) is 6.65. The predicted molar refractivity (Wildman–Crippen MR) is 77.7 cm³/mol. The highest BCUT2D eigenvalue weighted by atomic mass is 32.2. The van der Waals surface area contributed by atoms with E-state index in [-0.39, 0.29) is 16.7 Å². The molecule has 21 heavy (non-hydrogen) atoms. The van der Waals surface area contributed by atoms with E-state index in [1.807, 2.05) is 13.8 Å². The Morgan fingerprint density at radius 3 is 2.05 bits per heavy atom. The Labute approximate surface area is 125 Å². The third-order valence-electron chi connectivity index (χ3n) is 3.03. The normalized spacial score (nSPS) is 13.5. The molecule has 0 radical (unpaired) electrons. The second-order valence-electron chi connectivity index (χ2n) is 5.42. The second-order valence-corrected chi connectivity index (χ2v) is 6.93. The number of benzene rings is 1. The van der Waals surface area contributed by atoms with Crippen molar-refractivity contribution in [2.75, 3.05) is 0 Å². The van der Waals surface area contributed by atoms with Crippen LogP contribution in [0.4, 0.5) is 0 Å². The summed E-state index contributed by atoms with van der Waals surface area (Å²) in [5, 5.41) is 0. The Kier molecular flexibility index (Phi) is 5.88. The van der Waals surface area contributed by atoms with E-state index >= 15 is 0 Å². The van der Waals surface area contributed by atoms with Crippen LogP contribution in [0.25, 0.3) is 0 Å². The fraction of sp³-hybridized carbons (Fsp3) is 0.500. The zero-order chi connectivity index (χ0) is 16.2. The van der Waals surface area contributed by atoms with Gasteiger partial charge in [0.2, 0.25) is 0 Å². The third-order valence-corrected chi connectivity index (χ3v) is 4.13. The third kappa shape index (κ3) is 4.80. The summed E-state index contributed by atoms with van der Waals surface area (Å²) < 4.78 is 28.0. The monoisotopic (exact) mass is 315 g/mol. The molecule has 0 amide bonds. The molecule has 0 bridgehead atoms. The highest BCUT2D eigenvalue weighted by molar-refractivity contribution is 7.86. The largest absolute Gasteiger partial charge is 0.360 e. The summed E-state index contributed by atoms with van der Waals surface area (Å²) >= 11 is 0. The summed E-state index contributed by atoms with van der Waals surface area (Å²) in [6, 6.07) is 5.23. The summed E-state index contributed by atoms with van der Waals surface area (Å²) in [7, 11) is -4.16. The van der Waals surface area contributed by atoms with Gasteiger partial charge in [-0.3, -0.25) is 4.89 Å². The molecule has 7 heteroatoms. The lowest BCUT2D eigenvalue weighted by atomic mass is 10.0. The van der Waals surface area contributed by atoms with Crippen LogP contribution in [0.2, 0.25) is 0 Å². The van der Waals surface area contributed by atoms with Gasteiger partial charge < -0.3 is 5.73 Å². The highest BCUT2D eigenvalue weighted by Crippen LogP contribution is 2.19. The second kappa shape index (κ2) is 7.02. The molecule has 2 N–H and O–H groups in total. The molecule has 0 saturated carbocycles. The topological polar surface area (TPSA) is 95.7 Å². The Morgan fingerprint density at radius 1 is 1.10 bits per heavy atom. The Hall–Kier alpha value is -1.44. The van der Waals surface area contributed by atoms with Crippen LogP contribution in [0.5, 0.6) is 0 Å². The smallest absolute Gasteiger partial charge is 0.318 e. The van der Waals surface area contributed by atoms with Gasteiger partial charge in [-0.25, -0.2) is 4.79 Å². The van der Waals surface area contributed by atoms with Crippen LogP contribution >= 0.6 is 0 Å². The van der Waals surface area contributed by atoms with Crippen molar-refractivity contribution in [3.63, 3.8) is 0 Å². The standard InChI is InChI=1S/C14H21NO5S/c1-9(2)11-5-7-12(8-6-11)21(17,18)20-19-14(16)13(15)10(3)4/h5-10,13H,15H2,1-4H3. The number of carbonyl (C=O) groups excluding carboxylic acids is 1.